The minimum atomic E-state index is -0.733. The zero-order valence-electron chi connectivity index (χ0n) is 11.8. The predicted octanol–water partition coefficient (Wildman–Crippen LogP) is 3.16. The molecule has 0 saturated heterocycles. The van der Waals surface area contributed by atoms with E-state index in [2.05, 4.69) is 15.9 Å². The smallest absolute Gasteiger partial charge is 0.142 e. The van der Waals surface area contributed by atoms with Crippen molar-refractivity contribution in [2.24, 2.45) is 0 Å². The van der Waals surface area contributed by atoms with Crippen LogP contribution in [0.2, 0.25) is 0 Å². The van der Waals surface area contributed by atoms with Crippen LogP contribution in [-0.2, 0) is 0 Å². The second kappa shape index (κ2) is 7.33. The summed E-state index contributed by atoms with van der Waals surface area (Å²) in [4.78, 5) is 0. The first-order chi connectivity index (χ1) is 10.1. The molecule has 0 radical (unpaired) electrons. The van der Waals surface area contributed by atoms with E-state index in [1.807, 2.05) is 37.3 Å². The van der Waals surface area contributed by atoms with Crippen molar-refractivity contribution in [3.63, 3.8) is 0 Å². The minimum Gasteiger partial charge on any atom is -0.490 e. The van der Waals surface area contributed by atoms with Crippen LogP contribution in [0.5, 0.6) is 11.5 Å². The number of halogens is 1. The SMILES string of the molecule is Cc1ccc(Br)cc1OCC(O)COc1ccccc1N. The van der Waals surface area contributed by atoms with Gasteiger partial charge in [-0.3, -0.25) is 0 Å². The van der Waals surface area contributed by atoms with Crippen LogP contribution in [0.25, 0.3) is 0 Å². The van der Waals surface area contributed by atoms with Crippen molar-refractivity contribution in [1.82, 2.24) is 0 Å². The second-order valence-corrected chi connectivity index (χ2v) is 5.64. The van der Waals surface area contributed by atoms with Gasteiger partial charge in [0.1, 0.15) is 30.8 Å². The number of aliphatic hydroxyl groups excluding tert-OH is 1. The predicted molar refractivity (Wildman–Crippen MR) is 86.7 cm³/mol. The van der Waals surface area contributed by atoms with E-state index in [4.69, 9.17) is 15.2 Å². The molecule has 0 amide bonds. The Hall–Kier alpha value is -1.72. The lowest BCUT2D eigenvalue weighted by Crippen LogP contribution is -2.25. The van der Waals surface area contributed by atoms with Crippen LogP contribution in [0.4, 0.5) is 5.69 Å². The highest BCUT2D eigenvalue weighted by Crippen LogP contribution is 2.23. The molecule has 0 saturated carbocycles. The fourth-order valence-corrected chi connectivity index (χ4v) is 2.10. The summed E-state index contributed by atoms with van der Waals surface area (Å²) >= 11 is 3.39. The van der Waals surface area contributed by atoms with Gasteiger partial charge < -0.3 is 20.3 Å². The van der Waals surface area contributed by atoms with E-state index < -0.39 is 6.10 Å². The van der Waals surface area contributed by atoms with Gasteiger partial charge in [0.15, 0.2) is 0 Å². The number of aliphatic hydroxyl groups is 1. The van der Waals surface area contributed by atoms with Crippen LogP contribution in [0.3, 0.4) is 0 Å². The molecule has 4 nitrogen and oxygen atoms in total. The average molecular weight is 352 g/mol. The number of nitrogens with two attached hydrogens (primary N) is 1. The topological polar surface area (TPSA) is 64.7 Å². The molecule has 1 atom stereocenters. The third kappa shape index (κ3) is 4.65. The van der Waals surface area contributed by atoms with Crippen molar-refractivity contribution in [3.8, 4) is 11.5 Å². The van der Waals surface area contributed by atoms with Gasteiger partial charge >= 0.3 is 0 Å². The lowest BCUT2D eigenvalue weighted by atomic mass is 10.2. The Labute approximate surface area is 132 Å². The molecule has 0 fully saturated rings. The Balaban J connectivity index is 1.84. The van der Waals surface area contributed by atoms with Gasteiger partial charge in [0.25, 0.3) is 0 Å². The molecule has 0 aliphatic carbocycles. The lowest BCUT2D eigenvalue weighted by Gasteiger charge is -2.15. The van der Waals surface area contributed by atoms with Crippen LogP contribution < -0.4 is 15.2 Å². The molecule has 112 valence electrons. The number of benzene rings is 2. The zero-order chi connectivity index (χ0) is 15.2. The third-order valence-electron chi connectivity index (χ3n) is 2.93. The molecule has 2 rings (SSSR count). The zero-order valence-corrected chi connectivity index (χ0v) is 13.3. The number of rotatable bonds is 6. The van der Waals surface area contributed by atoms with Gasteiger partial charge in [0.05, 0.1) is 5.69 Å². The number of para-hydroxylation sites is 2. The summed E-state index contributed by atoms with van der Waals surface area (Å²) in [7, 11) is 0. The molecule has 0 aliphatic rings. The van der Waals surface area contributed by atoms with Gasteiger partial charge in [-0.15, -0.1) is 0 Å². The number of hydrogen-bond acceptors (Lipinski definition) is 4. The molecular formula is C16H18BrNO3. The minimum absolute atomic E-state index is 0.126. The van der Waals surface area contributed by atoms with Crippen LogP contribution in [0, 0.1) is 6.92 Å². The monoisotopic (exact) mass is 351 g/mol. The molecule has 0 aliphatic heterocycles. The van der Waals surface area contributed by atoms with Crippen LogP contribution >= 0.6 is 15.9 Å². The highest BCUT2D eigenvalue weighted by atomic mass is 79.9. The summed E-state index contributed by atoms with van der Waals surface area (Å²) in [5.41, 5.74) is 7.33. The van der Waals surface area contributed by atoms with Gasteiger partial charge in [0, 0.05) is 4.47 Å². The maximum atomic E-state index is 9.92. The lowest BCUT2D eigenvalue weighted by molar-refractivity contribution is 0.0626. The van der Waals surface area contributed by atoms with E-state index in [9.17, 15) is 5.11 Å². The summed E-state index contributed by atoms with van der Waals surface area (Å²) in [5.74, 6) is 1.30. The number of hydrogen-bond donors (Lipinski definition) is 2. The number of anilines is 1. The molecule has 0 spiro atoms. The van der Waals surface area contributed by atoms with E-state index in [1.165, 1.54) is 0 Å². The number of aryl methyl sites for hydroxylation is 1. The Kier molecular flexibility index (Phi) is 5.47. The van der Waals surface area contributed by atoms with Gasteiger partial charge in [-0.1, -0.05) is 34.1 Å². The normalized spacial score (nSPS) is 12.0. The van der Waals surface area contributed by atoms with E-state index in [0.717, 1.165) is 15.8 Å². The van der Waals surface area contributed by atoms with Crippen molar-refractivity contribution in [2.45, 2.75) is 13.0 Å². The molecule has 2 aromatic rings. The summed E-state index contributed by atoms with van der Waals surface area (Å²) in [6.07, 6.45) is -0.733. The van der Waals surface area contributed by atoms with Gasteiger partial charge in [0.2, 0.25) is 0 Å². The van der Waals surface area contributed by atoms with Gasteiger partial charge in [-0.05, 0) is 36.8 Å². The first kappa shape index (κ1) is 15.7. The first-order valence-corrected chi connectivity index (χ1v) is 7.40. The maximum Gasteiger partial charge on any atom is 0.142 e. The summed E-state index contributed by atoms with van der Waals surface area (Å²) in [5, 5.41) is 9.92. The molecule has 21 heavy (non-hydrogen) atoms. The van der Waals surface area contributed by atoms with E-state index in [-0.39, 0.29) is 13.2 Å². The van der Waals surface area contributed by atoms with Gasteiger partial charge in [-0.2, -0.15) is 0 Å². The van der Waals surface area contributed by atoms with Crippen molar-refractivity contribution < 1.29 is 14.6 Å². The fraction of sp³-hybridized carbons (Fsp3) is 0.250. The molecule has 5 heteroatoms. The van der Waals surface area contributed by atoms with Crippen molar-refractivity contribution in [3.05, 3.63) is 52.5 Å². The molecule has 3 N–H and O–H groups in total. The third-order valence-corrected chi connectivity index (χ3v) is 3.42. The summed E-state index contributed by atoms with van der Waals surface area (Å²) < 4.78 is 12.0. The Morgan fingerprint density at radius 3 is 2.48 bits per heavy atom. The fourth-order valence-electron chi connectivity index (χ4n) is 1.76. The Morgan fingerprint density at radius 2 is 1.76 bits per heavy atom. The van der Waals surface area contributed by atoms with Crippen molar-refractivity contribution in [1.29, 1.82) is 0 Å². The van der Waals surface area contributed by atoms with Crippen molar-refractivity contribution in [2.75, 3.05) is 18.9 Å². The Bertz CT molecular complexity index is 604. The Morgan fingerprint density at radius 1 is 1.10 bits per heavy atom. The largest absolute Gasteiger partial charge is 0.490 e. The molecular weight excluding hydrogens is 334 g/mol. The maximum absolute atomic E-state index is 9.92. The highest BCUT2D eigenvalue weighted by molar-refractivity contribution is 9.10. The number of nitrogen functional groups attached to an aromatic ring is 1. The average Bonchev–Trinajstić information content (AvgIpc) is 2.47. The second-order valence-electron chi connectivity index (χ2n) is 4.72. The first-order valence-electron chi connectivity index (χ1n) is 6.60. The molecule has 0 bridgehead atoms. The summed E-state index contributed by atoms with van der Waals surface area (Å²) in [6.45, 7) is 2.24. The van der Waals surface area contributed by atoms with Crippen LogP contribution in [-0.4, -0.2) is 24.4 Å². The highest BCUT2D eigenvalue weighted by Gasteiger charge is 2.09. The molecule has 2 aromatic carbocycles. The molecule has 0 heterocycles. The van der Waals surface area contributed by atoms with Gasteiger partial charge in [-0.25, -0.2) is 0 Å². The van der Waals surface area contributed by atoms with Crippen molar-refractivity contribution >= 4 is 21.6 Å². The van der Waals surface area contributed by atoms with E-state index >= 15 is 0 Å². The summed E-state index contributed by atoms with van der Waals surface area (Å²) in [6, 6.07) is 13.0. The molecule has 1 unspecified atom stereocenters. The van der Waals surface area contributed by atoms with Crippen LogP contribution in [0.15, 0.2) is 46.9 Å². The van der Waals surface area contributed by atoms with E-state index in [1.54, 1.807) is 12.1 Å². The molecule has 0 aromatic heterocycles. The van der Waals surface area contributed by atoms with Crippen LogP contribution in [0.1, 0.15) is 5.56 Å². The standard InChI is InChI=1S/C16H18BrNO3/c1-11-6-7-12(17)8-16(11)21-10-13(19)9-20-15-5-3-2-4-14(15)18/h2-8,13,19H,9-10,18H2,1H3. The van der Waals surface area contributed by atoms with E-state index in [0.29, 0.717) is 11.4 Å². The quantitative estimate of drug-likeness (QED) is 0.784. The number of ether oxygens (including phenoxy) is 2.